The monoisotopic (exact) mass is 280 g/mol. The lowest BCUT2D eigenvalue weighted by atomic mass is 9.99. The first kappa shape index (κ1) is 14.8. The van der Waals surface area contributed by atoms with E-state index in [2.05, 4.69) is 10.6 Å². The number of hydrogen-bond acceptors (Lipinski definition) is 2. The van der Waals surface area contributed by atoms with E-state index < -0.39 is 0 Å². The molecule has 0 spiro atoms. The number of hydrogen-bond donors (Lipinski definition) is 2. The molecule has 1 saturated heterocycles. The highest BCUT2D eigenvalue weighted by Gasteiger charge is 2.13. The number of halogens is 1. The van der Waals surface area contributed by atoms with E-state index >= 15 is 0 Å². The summed E-state index contributed by atoms with van der Waals surface area (Å²) in [4.78, 5) is 11.7. The van der Waals surface area contributed by atoms with E-state index in [9.17, 15) is 9.18 Å². The molecule has 1 aromatic carbocycles. The predicted octanol–water partition coefficient (Wildman–Crippen LogP) is 3.07. The zero-order valence-corrected chi connectivity index (χ0v) is 11.7. The Morgan fingerprint density at radius 3 is 3.05 bits per heavy atom. The number of urea groups is 1. The molecule has 2 rings (SSSR count). The van der Waals surface area contributed by atoms with Crippen molar-refractivity contribution in [1.82, 2.24) is 5.32 Å². The van der Waals surface area contributed by atoms with Gasteiger partial charge in [-0.05, 0) is 55.9 Å². The fourth-order valence-electron chi connectivity index (χ4n) is 2.36. The summed E-state index contributed by atoms with van der Waals surface area (Å²) >= 11 is 0. The lowest BCUT2D eigenvalue weighted by molar-refractivity contribution is 0.0520. The first-order valence-electron chi connectivity index (χ1n) is 7.04. The summed E-state index contributed by atoms with van der Waals surface area (Å²) in [6, 6.07) is 4.05. The Kier molecular flexibility index (Phi) is 5.35. The van der Waals surface area contributed by atoms with E-state index in [1.165, 1.54) is 18.6 Å². The third kappa shape index (κ3) is 4.49. The summed E-state index contributed by atoms with van der Waals surface area (Å²) in [7, 11) is 0. The van der Waals surface area contributed by atoms with Crippen LogP contribution in [-0.4, -0.2) is 25.8 Å². The minimum atomic E-state index is -0.300. The average molecular weight is 280 g/mol. The summed E-state index contributed by atoms with van der Waals surface area (Å²) in [5.41, 5.74) is 1.34. The largest absolute Gasteiger partial charge is 0.381 e. The van der Waals surface area contributed by atoms with Gasteiger partial charge in [-0.25, -0.2) is 9.18 Å². The highest BCUT2D eigenvalue weighted by Crippen LogP contribution is 2.17. The third-order valence-corrected chi connectivity index (χ3v) is 3.53. The lowest BCUT2D eigenvalue weighted by Crippen LogP contribution is -2.31. The SMILES string of the molecule is Cc1cc(F)ccc1NC(=O)NCC[C@H]1CCCOC1. The van der Waals surface area contributed by atoms with Gasteiger partial charge in [-0.2, -0.15) is 0 Å². The number of ether oxygens (including phenoxy) is 1. The van der Waals surface area contributed by atoms with E-state index in [1.807, 2.05) is 0 Å². The topological polar surface area (TPSA) is 50.4 Å². The molecule has 0 aromatic heterocycles. The Bertz CT molecular complexity index is 459. The summed E-state index contributed by atoms with van der Waals surface area (Å²) in [6.45, 7) is 4.03. The number of aryl methyl sites for hydroxylation is 1. The molecule has 0 radical (unpaired) electrons. The van der Waals surface area contributed by atoms with Crippen LogP contribution < -0.4 is 10.6 Å². The highest BCUT2D eigenvalue weighted by atomic mass is 19.1. The second-order valence-corrected chi connectivity index (χ2v) is 5.21. The van der Waals surface area contributed by atoms with Crippen molar-refractivity contribution in [2.75, 3.05) is 25.1 Å². The summed E-state index contributed by atoms with van der Waals surface area (Å²) in [6.07, 6.45) is 3.20. The Balaban J connectivity index is 1.72. The van der Waals surface area contributed by atoms with Gasteiger partial charge in [0.1, 0.15) is 5.82 Å². The Morgan fingerprint density at radius 2 is 2.35 bits per heavy atom. The quantitative estimate of drug-likeness (QED) is 0.890. The fourth-order valence-corrected chi connectivity index (χ4v) is 2.36. The summed E-state index contributed by atoms with van der Waals surface area (Å²) in [5.74, 6) is 0.238. The van der Waals surface area contributed by atoms with Gasteiger partial charge in [0, 0.05) is 25.4 Å². The second-order valence-electron chi connectivity index (χ2n) is 5.21. The lowest BCUT2D eigenvalue weighted by Gasteiger charge is -2.22. The van der Waals surface area contributed by atoms with Gasteiger partial charge in [0.05, 0.1) is 0 Å². The maximum Gasteiger partial charge on any atom is 0.319 e. The van der Waals surface area contributed by atoms with Crippen molar-refractivity contribution in [3.05, 3.63) is 29.6 Å². The van der Waals surface area contributed by atoms with Gasteiger partial charge in [-0.15, -0.1) is 0 Å². The molecule has 0 unspecified atom stereocenters. The Hall–Kier alpha value is -1.62. The first-order valence-corrected chi connectivity index (χ1v) is 7.04. The van der Waals surface area contributed by atoms with Gasteiger partial charge >= 0.3 is 6.03 Å². The van der Waals surface area contributed by atoms with Crippen LogP contribution in [0.2, 0.25) is 0 Å². The molecule has 1 aromatic rings. The second kappa shape index (κ2) is 7.24. The van der Waals surface area contributed by atoms with Gasteiger partial charge in [0.2, 0.25) is 0 Å². The minimum Gasteiger partial charge on any atom is -0.381 e. The van der Waals surface area contributed by atoms with Crippen LogP contribution in [-0.2, 0) is 4.74 Å². The number of carbonyl (C=O) groups excluding carboxylic acids is 1. The van der Waals surface area contributed by atoms with Crippen LogP contribution in [0.25, 0.3) is 0 Å². The number of amides is 2. The molecule has 0 saturated carbocycles. The standard InChI is InChI=1S/C15H21FN2O2/c1-11-9-13(16)4-5-14(11)18-15(19)17-7-6-12-3-2-8-20-10-12/h4-5,9,12H,2-3,6-8,10H2,1H3,(H2,17,18,19)/t12-/m1/s1. The molecule has 0 bridgehead atoms. The molecule has 2 N–H and O–H groups in total. The smallest absolute Gasteiger partial charge is 0.319 e. The van der Waals surface area contributed by atoms with Crippen LogP contribution in [0.4, 0.5) is 14.9 Å². The molecule has 1 atom stereocenters. The van der Waals surface area contributed by atoms with Gasteiger partial charge < -0.3 is 15.4 Å². The maximum absolute atomic E-state index is 13.0. The van der Waals surface area contributed by atoms with Crippen LogP contribution >= 0.6 is 0 Å². The fraction of sp³-hybridized carbons (Fsp3) is 0.533. The third-order valence-electron chi connectivity index (χ3n) is 3.53. The molecule has 110 valence electrons. The van der Waals surface area contributed by atoms with E-state index in [0.29, 0.717) is 23.7 Å². The number of nitrogens with one attached hydrogen (secondary N) is 2. The molecule has 2 amide bonds. The number of benzene rings is 1. The molecular formula is C15H21FN2O2. The summed E-state index contributed by atoms with van der Waals surface area (Å²) in [5, 5.41) is 5.55. The molecule has 20 heavy (non-hydrogen) atoms. The zero-order valence-electron chi connectivity index (χ0n) is 11.7. The number of carbonyl (C=O) groups is 1. The molecule has 1 aliphatic rings. The number of anilines is 1. The van der Waals surface area contributed by atoms with Gasteiger partial charge in [-0.3, -0.25) is 0 Å². The van der Waals surface area contributed by atoms with Crippen molar-refractivity contribution in [1.29, 1.82) is 0 Å². The van der Waals surface area contributed by atoms with Crippen LogP contribution in [0.3, 0.4) is 0 Å². The average Bonchev–Trinajstić information content (AvgIpc) is 2.43. The number of rotatable bonds is 4. The van der Waals surface area contributed by atoms with Gasteiger partial charge in [0.15, 0.2) is 0 Å². The van der Waals surface area contributed by atoms with Crippen molar-refractivity contribution in [2.24, 2.45) is 5.92 Å². The van der Waals surface area contributed by atoms with E-state index in [1.54, 1.807) is 13.0 Å². The predicted molar refractivity (Wildman–Crippen MR) is 76.3 cm³/mol. The molecule has 0 aliphatic carbocycles. The molecular weight excluding hydrogens is 259 g/mol. The zero-order chi connectivity index (χ0) is 14.4. The van der Waals surface area contributed by atoms with Crippen molar-refractivity contribution in [3.8, 4) is 0 Å². The summed E-state index contributed by atoms with van der Waals surface area (Å²) < 4.78 is 18.4. The molecule has 1 heterocycles. The minimum absolute atomic E-state index is 0.253. The Labute approximate surface area is 118 Å². The first-order chi connectivity index (χ1) is 9.65. The molecule has 1 aliphatic heterocycles. The molecule has 4 nitrogen and oxygen atoms in total. The van der Waals surface area contributed by atoms with Crippen molar-refractivity contribution in [2.45, 2.75) is 26.2 Å². The van der Waals surface area contributed by atoms with E-state index in [0.717, 1.165) is 26.1 Å². The van der Waals surface area contributed by atoms with Crippen LogP contribution in [0.15, 0.2) is 18.2 Å². The molecule has 5 heteroatoms. The van der Waals surface area contributed by atoms with Crippen molar-refractivity contribution in [3.63, 3.8) is 0 Å². The molecule has 1 fully saturated rings. The van der Waals surface area contributed by atoms with E-state index in [-0.39, 0.29) is 11.8 Å². The van der Waals surface area contributed by atoms with Gasteiger partial charge in [-0.1, -0.05) is 0 Å². The normalized spacial score (nSPS) is 18.6. The highest BCUT2D eigenvalue weighted by molar-refractivity contribution is 5.89. The Morgan fingerprint density at radius 1 is 1.50 bits per heavy atom. The van der Waals surface area contributed by atoms with Gasteiger partial charge in [0.25, 0.3) is 0 Å². The van der Waals surface area contributed by atoms with Crippen LogP contribution in [0.1, 0.15) is 24.8 Å². The van der Waals surface area contributed by atoms with Crippen LogP contribution in [0, 0.1) is 18.7 Å². The van der Waals surface area contributed by atoms with Crippen molar-refractivity contribution < 1.29 is 13.9 Å². The van der Waals surface area contributed by atoms with Crippen LogP contribution in [0.5, 0.6) is 0 Å². The van der Waals surface area contributed by atoms with E-state index in [4.69, 9.17) is 4.74 Å². The maximum atomic E-state index is 13.0. The van der Waals surface area contributed by atoms with Crippen molar-refractivity contribution >= 4 is 11.7 Å².